The summed E-state index contributed by atoms with van der Waals surface area (Å²) in [6.45, 7) is 7.39. The lowest BCUT2D eigenvalue weighted by molar-refractivity contribution is -0.114. The Morgan fingerprint density at radius 2 is 1.61 bits per heavy atom. The zero-order chi connectivity index (χ0) is 23.2. The van der Waals surface area contributed by atoms with Crippen LogP contribution in [0.15, 0.2) is 48.5 Å². The highest BCUT2D eigenvalue weighted by Crippen LogP contribution is 2.29. The molecule has 8 heteroatoms. The van der Waals surface area contributed by atoms with Gasteiger partial charge in [0.25, 0.3) is 5.91 Å². The second-order valence-corrected chi connectivity index (χ2v) is 9.77. The second-order valence-electron chi connectivity index (χ2n) is 7.86. The lowest BCUT2D eigenvalue weighted by Crippen LogP contribution is -2.38. The molecule has 2 rings (SSSR count). The van der Waals surface area contributed by atoms with Crippen LogP contribution in [0.2, 0.25) is 0 Å². The van der Waals surface area contributed by atoms with Crippen molar-refractivity contribution in [2.75, 3.05) is 22.4 Å². The van der Waals surface area contributed by atoms with Crippen molar-refractivity contribution < 1.29 is 18.0 Å². The first-order valence-corrected chi connectivity index (χ1v) is 12.2. The molecule has 0 spiro atoms. The van der Waals surface area contributed by atoms with E-state index in [1.165, 1.54) is 0 Å². The van der Waals surface area contributed by atoms with Crippen molar-refractivity contribution >= 4 is 33.2 Å². The number of rotatable bonds is 9. The van der Waals surface area contributed by atoms with Crippen molar-refractivity contribution in [3.05, 3.63) is 59.7 Å². The monoisotopic (exact) mass is 445 g/mol. The van der Waals surface area contributed by atoms with Crippen LogP contribution in [0.5, 0.6) is 0 Å². The van der Waals surface area contributed by atoms with Gasteiger partial charge >= 0.3 is 0 Å². The first-order chi connectivity index (χ1) is 14.5. The molecule has 1 atom stereocenters. The molecule has 0 bridgehead atoms. The number of nitrogens with zero attached hydrogens (tertiary/aromatic N) is 1. The normalized spacial score (nSPS) is 12.3. The van der Waals surface area contributed by atoms with Crippen LogP contribution in [0.25, 0.3) is 0 Å². The van der Waals surface area contributed by atoms with E-state index in [2.05, 4.69) is 10.6 Å². The molecule has 0 aliphatic carbocycles. The van der Waals surface area contributed by atoms with Gasteiger partial charge in [0, 0.05) is 6.04 Å². The van der Waals surface area contributed by atoms with Gasteiger partial charge in [0.2, 0.25) is 15.9 Å². The molecular formula is C23H31N3O4S. The molecule has 0 heterocycles. The Kier molecular flexibility index (Phi) is 8.21. The Morgan fingerprint density at radius 1 is 1.00 bits per heavy atom. The van der Waals surface area contributed by atoms with Crippen LogP contribution >= 0.6 is 0 Å². The van der Waals surface area contributed by atoms with Gasteiger partial charge in [-0.05, 0) is 43.0 Å². The van der Waals surface area contributed by atoms with Gasteiger partial charge in [-0.1, -0.05) is 51.1 Å². The molecular weight excluding hydrogens is 414 g/mol. The SMILES string of the molecule is CC[C@H](C)NC(=O)c1ccccc1NC(=O)CN(c1ccccc1C(C)C)S(C)(=O)=O. The number of benzene rings is 2. The summed E-state index contributed by atoms with van der Waals surface area (Å²) in [5, 5.41) is 5.57. The predicted molar refractivity (Wildman–Crippen MR) is 125 cm³/mol. The maximum atomic E-state index is 12.8. The van der Waals surface area contributed by atoms with E-state index in [0.717, 1.165) is 22.5 Å². The first-order valence-electron chi connectivity index (χ1n) is 10.3. The van der Waals surface area contributed by atoms with E-state index in [1.807, 2.05) is 39.8 Å². The molecule has 0 saturated heterocycles. The maximum absolute atomic E-state index is 12.8. The fourth-order valence-electron chi connectivity index (χ4n) is 3.10. The van der Waals surface area contributed by atoms with Crippen molar-refractivity contribution in [2.45, 2.75) is 46.1 Å². The molecule has 7 nitrogen and oxygen atoms in total. The molecule has 0 radical (unpaired) electrons. The molecule has 0 unspecified atom stereocenters. The van der Waals surface area contributed by atoms with E-state index in [-0.39, 0.29) is 17.9 Å². The minimum atomic E-state index is -3.71. The standard InChI is InChI=1S/C23H31N3O4S/c1-6-17(4)24-23(28)19-12-7-9-13-20(19)25-22(27)15-26(31(5,29)30)21-14-10-8-11-18(21)16(2)3/h7-14,16-17H,6,15H2,1-5H3,(H,24,28)(H,25,27)/t17-/m0/s1. The van der Waals surface area contributed by atoms with Crippen LogP contribution in [0.3, 0.4) is 0 Å². The van der Waals surface area contributed by atoms with Crippen molar-refractivity contribution in [1.29, 1.82) is 0 Å². The third-order valence-corrected chi connectivity index (χ3v) is 6.08. The number of hydrogen-bond acceptors (Lipinski definition) is 4. The topological polar surface area (TPSA) is 95.6 Å². The quantitative estimate of drug-likeness (QED) is 0.615. The van der Waals surface area contributed by atoms with Crippen molar-refractivity contribution in [3.8, 4) is 0 Å². The first kappa shape index (κ1) is 24.4. The summed E-state index contributed by atoms with van der Waals surface area (Å²) in [4.78, 5) is 25.4. The molecule has 2 aromatic carbocycles. The van der Waals surface area contributed by atoms with Crippen LogP contribution in [-0.4, -0.2) is 39.1 Å². The van der Waals surface area contributed by atoms with Gasteiger partial charge in [-0.3, -0.25) is 13.9 Å². The highest BCUT2D eigenvalue weighted by molar-refractivity contribution is 7.92. The number of amides is 2. The van der Waals surface area contributed by atoms with Crippen molar-refractivity contribution in [1.82, 2.24) is 5.32 Å². The second kappa shape index (κ2) is 10.4. The Balaban J connectivity index is 2.29. The third kappa shape index (κ3) is 6.55. The lowest BCUT2D eigenvalue weighted by atomic mass is 10.0. The summed E-state index contributed by atoms with van der Waals surface area (Å²) in [7, 11) is -3.71. The molecule has 0 aliphatic heterocycles. The smallest absolute Gasteiger partial charge is 0.253 e. The van der Waals surface area contributed by atoms with Gasteiger partial charge in [0.15, 0.2) is 0 Å². The third-order valence-electron chi connectivity index (χ3n) is 4.95. The number of para-hydroxylation sites is 2. The van der Waals surface area contributed by atoms with E-state index < -0.39 is 22.5 Å². The minimum absolute atomic E-state index is 0.00970. The zero-order valence-corrected chi connectivity index (χ0v) is 19.5. The maximum Gasteiger partial charge on any atom is 0.253 e. The summed E-state index contributed by atoms with van der Waals surface area (Å²) in [6.07, 6.45) is 1.85. The Morgan fingerprint density at radius 3 is 2.23 bits per heavy atom. The molecule has 0 aliphatic rings. The van der Waals surface area contributed by atoms with Crippen LogP contribution < -0.4 is 14.9 Å². The molecule has 2 aromatic rings. The molecule has 0 aromatic heterocycles. The van der Waals surface area contributed by atoms with E-state index in [1.54, 1.807) is 36.4 Å². The van der Waals surface area contributed by atoms with E-state index >= 15 is 0 Å². The number of nitrogens with one attached hydrogen (secondary N) is 2. The number of anilines is 2. The summed E-state index contributed by atoms with van der Waals surface area (Å²) >= 11 is 0. The van der Waals surface area contributed by atoms with Crippen LogP contribution in [0.4, 0.5) is 11.4 Å². The number of hydrogen-bond donors (Lipinski definition) is 2. The summed E-state index contributed by atoms with van der Waals surface area (Å²) in [5.74, 6) is -0.753. The zero-order valence-electron chi connectivity index (χ0n) is 18.7. The highest BCUT2D eigenvalue weighted by Gasteiger charge is 2.24. The molecule has 2 N–H and O–H groups in total. The van der Waals surface area contributed by atoms with Gasteiger partial charge in [-0.25, -0.2) is 8.42 Å². The Hall–Kier alpha value is -2.87. The molecule has 0 saturated carbocycles. The molecule has 0 fully saturated rings. The van der Waals surface area contributed by atoms with E-state index in [9.17, 15) is 18.0 Å². The van der Waals surface area contributed by atoms with Crippen LogP contribution in [0, 0.1) is 0 Å². The van der Waals surface area contributed by atoms with E-state index in [4.69, 9.17) is 0 Å². The molecule has 2 amide bonds. The number of carbonyl (C=O) groups is 2. The Labute approximate surface area is 184 Å². The number of carbonyl (C=O) groups excluding carboxylic acids is 2. The fraction of sp³-hybridized carbons (Fsp3) is 0.391. The predicted octanol–water partition coefficient (Wildman–Crippen LogP) is 3.74. The van der Waals surface area contributed by atoms with Gasteiger partial charge in [-0.2, -0.15) is 0 Å². The van der Waals surface area contributed by atoms with Crippen LogP contribution in [-0.2, 0) is 14.8 Å². The minimum Gasteiger partial charge on any atom is -0.350 e. The van der Waals surface area contributed by atoms with Crippen LogP contribution in [0.1, 0.15) is 56.0 Å². The fourth-order valence-corrected chi connectivity index (χ4v) is 3.97. The van der Waals surface area contributed by atoms with Gasteiger partial charge < -0.3 is 10.6 Å². The molecule has 31 heavy (non-hydrogen) atoms. The van der Waals surface area contributed by atoms with Gasteiger partial charge in [0.1, 0.15) is 6.54 Å². The van der Waals surface area contributed by atoms with E-state index in [0.29, 0.717) is 16.9 Å². The average molecular weight is 446 g/mol. The lowest BCUT2D eigenvalue weighted by Gasteiger charge is -2.26. The van der Waals surface area contributed by atoms with Crippen molar-refractivity contribution in [3.63, 3.8) is 0 Å². The Bertz CT molecular complexity index is 1030. The van der Waals surface area contributed by atoms with Gasteiger partial charge in [0.05, 0.1) is 23.2 Å². The average Bonchev–Trinajstić information content (AvgIpc) is 2.71. The number of sulfonamides is 1. The van der Waals surface area contributed by atoms with Crippen molar-refractivity contribution in [2.24, 2.45) is 0 Å². The largest absolute Gasteiger partial charge is 0.350 e. The summed E-state index contributed by atoms with van der Waals surface area (Å²) < 4.78 is 26.1. The summed E-state index contributed by atoms with van der Waals surface area (Å²) in [6, 6.07) is 13.8. The molecule has 168 valence electrons. The highest BCUT2D eigenvalue weighted by atomic mass is 32.2. The van der Waals surface area contributed by atoms with Gasteiger partial charge in [-0.15, -0.1) is 0 Å². The summed E-state index contributed by atoms with van der Waals surface area (Å²) in [5.41, 5.74) is 1.95.